The third kappa shape index (κ3) is 6.24. The van der Waals surface area contributed by atoms with Crippen molar-refractivity contribution in [1.29, 1.82) is 0 Å². The smallest absolute Gasteiger partial charge is 0.163 e. The average molecular weight is 400 g/mol. The van der Waals surface area contributed by atoms with E-state index in [1.165, 1.54) is 64.8 Å². The van der Waals surface area contributed by atoms with Gasteiger partial charge in [0.15, 0.2) is 34.6 Å². The third-order valence-corrected chi connectivity index (χ3v) is 3.78. The van der Waals surface area contributed by atoms with Gasteiger partial charge in [0.2, 0.25) is 0 Å². The van der Waals surface area contributed by atoms with Crippen molar-refractivity contribution in [3.8, 4) is 23.0 Å². The average Bonchev–Trinajstić information content (AvgIpc) is 2.85. The summed E-state index contributed by atoms with van der Waals surface area (Å²) < 4.78 is 52.9. The monoisotopic (exact) mass is 400 g/mol. The highest BCUT2D eigenvalue weighted by molar-refractivity contribution is 6.10. The normalized spacial score (nSPS) is 14.2. The van der Waals surface area contributed by atoms with Gasteiger partial charge in [-0.1, -0.05) is 24.2 Å². The van der Waals surface area contributed by atoms with Gasteiger partial charge in [-0.15, -0.1) is 0 Å². The molecular weight excluding hydrogens is 372 g/mol. The van der Waals surface area contributed by atoms with E-state index in [1.807, 2.05) is 0 Å². The third-order valence-electron chi connectivity index (χ3n) is 3.78. The summed E-state index contributed by atoms with van der Waals surface area (Å²) in [6.07, 6.45) is -0.816. The number of carbonyl (C=O) groups is 2. The van der Waals surface area contributed by atoms with Crippen molar-refractivity contribution in [3.63, 3.8) is 0 Å². The Morgan fingerprint density at radius 1 is 0.724 bits per heavy atom. The van der Waals surface area contributed by atoms with Crippen molar-refractivity contribution in [2.24, 2.45) is 0 Å². The summed E-state index contributed by atoms with van der Waals surface area (Å²) in [6.45, 7) is 0. The standard InChI is InChI=1S/C23H24O6/c1-26-20-11-7-16(13-22(20)28-3)5-9-18(24)15-19(25)10-6-17-8-12-21(27-2)23(14-17)29-4/h5-14H,15H2,1-4H3/b9-5+,10-6+/i5D,6D,9D,10D. The van der Waals surface area contributed by atoms with Crippen molar-refractivity contribution in [2.45, 2.75) is 6.42 Å². The maximum Gasteiger partial charge on any atom is 0.163 e. The highest BCUT2D eigenvalue weighted by Crippen LogP contribution is 2.28. The van der Waals surface area contributed by atoms with E-state index in [-0.39, 0.29) is 11.1 Å². The zero-order chi connectivity index (χ0) is 24.7. The Morgan fingerprint density at radius 3 is 1.45 bits per heavy atom. The Kier molecular flexibility index (Phi) is 6.06. The van der Waals surface area contributed by atoms with Crippen LogP contribution in [-0.2, 0) is 9.59 Å². The molecule has 2 aromatic carbocycles. The summed E-state index contributed by atoms with van der Waals surface area (Å²) in [4.78, 5) is 24.9. The summed E-state index contributed by atoms with van der Waals surface area (Å²) >= 11 is 0. The van der Waals surface area contributed by atoms with E-state index in [0.717, 1.165) is 0 Å². The van der Waals surface area contributed by atoms with Crippen molar-refractivity contribution in [3.05, 3.63) is 59.6 Å². The number of hydrogen-bond donors (Lipinski definition) is 0. The molecule has 0 aliphatic heterocycles. The van der Waals surface area contributed by atoms with Crippen molar-refractivity contribution in [1.82, 2.24) is 0 Å². The fourth-order valence-electron chi connectivity index (χ4n) is 2.35. The van der Waals surface area contributed by atoms with Gasteiger partial charge in [-0.2, -0.15) is 0 Å². The van der Waals surface area contributed by atoms with Crippen LogP contribution in [0.25, 0.3) is 12.1 Å². The predicted molar refractivity (Wildman–Crippen MR) is 112 cm³/mol. The van der Waals surface area contributed by atoms with Crippen LogP contribution in [-0.4, -0.2) is 40.0 Å². The lowest BCUT2D eigenvalue weighted by atomic mass is 10.1. The van der Waals surface area contributed by atoms with E-state index >= 15 is 0 Å². The molecule has 6 heteroatoms. The van der Waals surface area contributed by atoms with Crippen LogP contribution in [0.15, 0.2) is 48.5 Å². The minimum Gasteiger partial charge on any atom is -0.493 e. The van der Waals surface area contributed by atoms with Crippen molar-refractivity contribution >= 4 is 23.7 Å². The van der Waals surface area contributed by atoms with Gasteiger partial charge < -0.3 is 18.9 Å². The maximum atomic E-state index is 12.4. The summed E-state index contributed by atoms with van der Waals surface area (Å²) in [6, 6.07) is 6.73. The lowest BCUT2D eigenvalue weighted by molar-refractivity contribution is -0.121. The lowest BCUT2D eigenvalue weighted by Crippen LogP contribution is -2.02. The van der Waals surface area contributed by atoms with Crippen LogP contribution in [0.4, 0.5) is 0 Å². The first kappa shape index (κ1) is 16.4. The van der Waals surface area contributed by atoms with Crippen LogP contribution in [0.3, 0.4) is 0 Å². The zero-order valence-corrected chi connectivity index (χ0v) is 16.6. The van der Waals surface area contributed by atoms with E-state index in [2.05, 4.69) is 0 Å². The number of allylic oxidation sites excluding steroid dienone is 2. The number of benzene rings is 2. The summed E-state index contributed by atoms with van der Waals surface area (Å²) in [7, 11) is 5.74. The first-order valence-electron chi connectivity index (χ1n) is 10.5. The van der Waals surface area contributed by atoms with Crippen LogP contribution in [0.5, 0.6) is 23.0 Å². The molecule has 0 saturated carbocycles. The Hall–Kier alpha value is -3.54. The number of rotatable bonds is 10. The van der Waals surface area contributed by atoms with Gasteiger partial charge >= 0.3 is 0 Å². The van der Waals surface area contributed by atoms with Crippen LogP contribution in [0, 0.1) is 0 Å². The molecule has 29 heavy (non-hydrogen) atoms. The van der Waals surface area contributed by atoms with E-state index in [9.17, 15) is 9.59 Å². The summed E-state index contributed by atoms with van der Waals surface area (Å²) in [5, 5.41) is 0. The Balaban J connectivity index is 2.27. The van der Waals surface area contributed by atoms with Gasteiger partial charge in [0.05, 0.1) is 40.3 Å². The van der Waals surface area contributed by atoms with Gasteiger partial charge in [0.25, 0.3) is 0 Å². The molecule has 0 aliphatic rings. The molecule has 0 heterocycles. The molecule has 0 fully saturated rings. The highest BCUT2D eigenvalue weighted by atomic mass is 16.5. The number of hydrogen-bond acceptors (Lipinski definition) is 6. The van der Waals surface area contributed by atoms with Crippen LogP contribution in [0.1, 0.15) is 23.0 Å². The van der Waals surface area contributed by atoms with E-state index < -0.39 is 42.2 Å². The highest BCUT2D eigenvalue weighted by Gasteiger charge is 2.07. The molecule has 0 spiro atoms. The molecule has 0 bridgehead atoms. The first-order chi connectivity index (χ1) is 15.7. The molecular formula is C23H24O6. The van der Waals surface area contributed by atoms with E-state index in [0.29, 0.717) is 23.0 Å². The number of ketones is 2. The van der Waals surface area contributed by atoms with Crippen LogP contribution >= 0.6 is 0 Å². The minimum atomic E-state index is -0.940. The summed E-state index contributed by atoms with van der Waals surface area (Å²) in [5.74, 6) is -0.398. The predicted octanol–water partition coefficient (Wildman–Crippen LogP) is 3.98. The van der Waals surface area contributed by atoms with Crippen LogP contribution in [0.2, 0.25) is 0 Å². The molecule has 0 aromatic heterocycles. The molecule has 6 nitrogen and oxygen atoms in total. The fraction of sp³-hybridized carbons (Fsp3) is 0.217. The zero-order valence-electron chi connectivity index (χ0n) is 20.6. The Morgan fingerprint density at radius 2 is 1.10 bits per heavy atom. The van der Waals surface area contributed by atoms with Gasteiger partial charge in [-0.05, 0) is 47.5 Å². The topological polar surface area (TPSA) is 71.1 Å². The second kappa shape index (κ2) is 10.7. The molecule has 0 saturated heterocycles. The molecule has 0 atom stereocenters. The molecule has 152 valence electrons. The largest absolute Gasteiger partial charge is 0.493 e. The molecule has 0 radical (unpaired) electrons. The summed E-state index contributed by atoms with van der Waals surface area (Å²) in [5.41, 5.74) is 0.457. The number of carbonyl (C=O) groups excluding carboxylic acids is 2. The minimum absolute atomic E-state index is 0.228. The molecule has 0 aliphatic carbocycles. The second-order valence-electron chi connectivity index (χ2n) is 5.66. The Labute approximate surface area is 176 Å². The SMILES string of the molecule is [2H]/C(C(=O)CC(=O)/C([2H])=C(\[2H])c1ccc(OC)c(OC)c1)=C(/[2H])c1ccc(OC)c(OC)c1. The van der Waals surface area contributed by atoms with Gasteiger partial charge in [-0.25, -0.2) is 0 Å². The molecule has 0 unspecified atom stereocenters. The fourth-order valence-corrected chi connectivity index (χ4v) is 2.35. The van der Waals surface area contributed by atoms with Crippen LogP contribution < -0.4 is 18.9 Å². The molecule has 2 aromatic rings. The lowest BCUT2D eigenvalue weighted by Gasteiger charge is -2.07. The number of methoxy groups -OCH3 is 4. The van der Waals surface area contributed by atoms with E-state index in [4.69, 9.17) is 24.4 Å². The molecule has 0 amide bonds. The van der Waals surface area contributed by atoms with Gasteiger partial charge in [-0.3, -0.25) is 9.59 Å². The van der Waals surface area contributed by atoms with Gasteiger partial charge in [0, 0.05) is 0 Å². The van der Waals surface area contributed by atoms with Crippen molar-refractivity contribution in [2.75, 3.05) is 28.4 Å². The maximum absolute atomic E-state index is 12.4. The first-order valence-corrected chi connectivity index (χ1v) is 8.54. The van der Waals surface area contributed by atoms with Crippen molar-refractivity contribution < 1.29 is 34.0 Å². The number of ether oxygens (including phenoxy) is 4. The second-order valence-corrected chi connectivity index (χ2v) is 5.66. The van der Waals surface area contributed by atoms with E-state index in [1.54, 1.807) is 0 Å². The Bertz CT molecular complexity index is 1040. The van der Waals surface area contributed by atoms with Gasteiger partial charge in [0.1, 0.15) is 0 Å². The quantitative estimate of drug-likeness (QED) is 0.444. The molecule has 2 rings (SSSR count). The molecule has 0 N–H and O–H groups in total.